The summed E-state index contributed by atoms with van der Waals surface area (Å²) in [6.07, 6.45) is 2.95. The molecule has 1 fully saturated rings. The molecule has 1 unspecified atom stereocenters. The van der Waals surface area contributed by atoms with Crippen LogP contribution >= 0.6 is 0 Å². The molecule has 6 nitrogen and oxygen atoms in total. The van der Waals surface area contributed by atoms with E-state index in [1.165, 1.54) is 0 Å². The van der Waals surface area contributed by atoms with Gasteiger partial charge in [0.05, 0.1) is 12.3 Å². The molecule has 1 saturated heterocycles. The fraction of sp³-hybridized carbons (Fsp3) is 0.900. The van der Waals surface area contributed by atoms with Gasteiger partial charge in [-0.2, -0.15) is 0 Å². The van der Waals surface area contributed by atoms with E-state index in [2.05, 4.69) is 15.4 Å². The Bertz CT molecular complexity index is 372. The number of rotatable bonds is 5. The lowest BCUT2D eigenvalue weighted by molar-refractivity contribution is -0.123. The second kappa shape index (κ2) is 5.32. The molecule has 17 heavy (non-hydrogen) atoms. The smallest absolute Gasteiger partial charge is 0.237 e. The number of hydrogen-bond acceptors (Lipinski definition) is 4. The van der Waals surface area contributed by atoms with Gasteiger partial charge in [0.25, 0.3) is 0 Å². The highest BCUT2D eigenvalue weighted by Gasteiger charge is 2.26. The van der Waals surface area contributed by atoms with Gasteiger partial charge in [-0.15, -0.1) is 0 Å². The minimum absolute atomic E-state index is 0.0640. The Labute approximate surface area is 103 Å². The number of sulfonamides is 1. The average molecular weight is 263 g/mol. The first-order valence-corrected chi connectivity index (χ1v) is 7.59. The summed E-state index contributed by atoms with van der Waals surface area (Å²) in [5.41, 5.74) is -0.679. The zero-order chi connectivity index (χ0) is 13.1. The second-order valence-electron chi connectivity index (χ2n) is 5.12. The lowest BCUT2D eigenvalue weighted by Gasteiger charge is -2.26. The van der Waals surface area contributed by atoms with E-state index in [4.69, 9.17) is 0 Å². The molecule has 1 rings (SSSR count). The van der Waals surface area contributed by atoms with Gasteiger partial charge in [0, 0.05) is 12.1 Å². The highest BCUT2D eigenvalue weighted by atomic mass is 32.2. The first-order valence-electron chi connectivity index (χ1n) is 5.70. The van der Waals surface area contributed by atoms with E-state index in [1.807, 2.05) is 0 Å². The van der Waals surface area contributed by atoms with Crippen LogP contribution in [0.2, 0.25) is 0 Å². The van der Waals surface area contributed by atoms with Gasteiger partial charge >= 0.3 is 0 Å². The summed E-state index contributed by atoms with van der Waals surface area (Å²) in [5, 5.41) is 5.85. The van der Waals surface area contributed by atoms with Crippen molar-refractivity contribution >= 4 is 15.9 Å². The Balaban J connectivity index is 2.40. The maximum Gasteiger partial charge on any atom is 0.237 e. The summed E-state index contributed by atoms with van der Waals surface area (Å²) in [5.74, 6) is -0.0640. The molecule has 1 amide bonds. The molecule has 0 spiro atoms. The van der Waals surface area contributed by atoms with Gasteiger partial charge in [0.2, 0.25) is 15.9 Å². The van der Waals surface area contributed by atoms with Crippen LogP contribution in [0.5, 0.6) is 0 Å². The normalized spacial score (nSPS) is 21.5. The van der Waals surface area contributed by atoms with Gasteiger partial charge in [-0.3, -0.25) is 4.79 Å². The maximum atomic E-state index is 11.7. The minimum atomic E-state index is -3.27. The van der Waals surface area contributed by atoms with Crippen LogP contribution in [0.25, 0.3) is 0 Å². The van der Waals surface area contributed by atoms with Crippen LogP contribution in [0.3, 0.4) is 0 Å². The first-order chi connectivity index (χ1) is 7.70. The van der Waals surface area contributed by atoms with Crippen molar-refractivity contribution in [1.29, 1.82) is 0 Å². The van der Waals surface area contributed by atoms with Gasteiger partial charge in [0.1, 0.15) is 0 Å². The van der Waals surface area contributed by atoms with Crippen LogP contribution in [0.1, 0.15) is 26.7 Å². The summed E-state index contributed by atoms with van der Waals surface area (Å²) in [7, 11) is -3.27. The molecule has 1 atom stereocenters. The SMILES string of the molecule is CC(C)(CNC(=O)C1CCCN1)NS(C)(=O)=O. The Morgan fingerprint density at radius 1 is 1.47 bits per heavy atom. The molecule has 7 heteroatoms. The molecular weight excluding hydrogens is 242 g/mol. The number of nitrogens with one attached hydrogen (secondary N) is 3. The molecule has 0 saturated carbocycles. The monoisotopic (exact) mass is 263 g/mol. The summed E-state index contributed by atoms with van der Waals surface area (Å²) in [4.78, 5) is 11.7. The zero-order valence-corrected chi connectivity index (χ0v) is 11.4. The lowest BCUT2D eigenvalue weighted by Crippen LogP contribution is -2.53. The molecule has 100 valence electrons. The molecular formula is C10H21N3O3S. The summed E-state index contributed by atoms with van der Waals surface area (Å²) >= 11 is 0. The fourth-order valence-corrected chi connectivity index (χ4v) is 2.95. The molecule has 0 radical (unpaired) electrons. The van der Waals surface area contributed by atoms with Crippen LogP contribution in [-0.2, 0) is 14.8 Å². The number of carbonyl (C=O) groups excluding carboxylic acids is 1. The summed E-state index contributed by atoms with van der Waals surface area (Å²) in [6.45, 7) is 4.60. The summed E-state index contributed by atoms with van der Waals surface area (Å²) < 4.78 is 24.7. The van der Waals surface area contributed by atoms with Gasteiger partial charge in [-0.1, -0.05) is 0 Å². The highest BCUT2D eigenvalue weighted by Crippen LogP contribution is 2.06. The third-order valence-corrected chi connectivity index (χ3v) is 3.47. The Morgan fingerprint density at radius 3 is 2.59 bits per heavy atom. The molecule has 0 aromatic carbocycles. The van der Waals surface area contributed by atoms with Crippen molar-refractivity contribution in [2.75, 3.05) is 19.3 Å². The molecule has 1 aliphatic rings. The molecule has 0 aromatic rings. The molecule has 1 aliphatic heterocycles. The molecule has 3 N–H and O–H groups in total. The van der Waals surface area contributed by atoms with Crippen LogP contribution < -0.4 is 15.4 Å². The third-order valence-electron chi connectivity index (χ3n) is 2.54. The van der Waals surface area contributed by atoms with E-state index in [9.17, 15) is 13.2 Å². The van der Waals surface area contributed by atoms with Crippen molar-refractivity contribution in [2.24, 2.45) is 0 Å². The van der Waals surface area contributed by atoms with Crippen molar-refractivity contribution in [3.05, 3.63) is 0 Å². The molecule has 0 bridgehead atoms. The summed E-state index contributed by atoms with van der Waals surface area (Å²) in [6, 6.07) is -0.135. The van der Waals surface area contributed by atoms with Crippen molar-refractivity contribution < 1.29 is 13.2 Å². The van der Waals surface area contributed by atoms with E-state index in [1.54, 1.807) is 13.8 Å². The predicted molar refractivity (Wildman–Crippen MR) is 66.1 cm³/mol. The van der Waals surface area contributed by atoms with Gasteiger partial charge in [0.15, 0.2) is 0 Å². The van der Waals surface area contributed by atoms with E-state index >= 15 is 0 Å². The van der Waals surface area contributed by atoms with E-state index in [0.29, 0.717) is 0 Å². The van der Waals surface area contributed by atoms with Crippen LogP contribution in [0.15, 0.2) is 0 Å². The van der Waals surface area contributed by atoms with Crippen molar-refractivity contribution in [1.82, 2.24) is 15.4 Å². The van der Waals surface area contributed by atoms with E-state index in [-0.39, 0.29) is 18.5 Å². The highest BCUT2D eigenvalue weighted by molar-refractivity contribution is 7.88. The minimum Gasteiger partial charge on any atom is -0.353 e. The lowest BCUT2D eigenvalue weighted by atomic mass is 10.1. The number of amides is 1. The van der Waals surface area contributed by atoms with Crippen molar-refractivity contribution in [2.45, 2.75) is 38.3 Å². The Kier molecular flexibility index (Phi) is 4.51. The topological polar surface area (TPSA) is 87.3 Å². The quantitative estimate of drug-likeness (QED) is 0.605. The van der Waals surface area contributed by atoms with Crippen LogP contribution in [0.4, 0.5) is 0 Å². The average Bonchev–Trinajstić information content (AvgIpc) is 2.63. The van der Waals surface area contributed by atoms with E-state index in [0.717, 1.165) is 25.6 Å². The standard InChI is InChI=1S/C10H21N3O3S/c1-10(2,13-17(3,15)16)7-12-9(14)8-5-4-6-11-8/h8,11,13H,4-7H2,1-3H3,(H,12,14). The van der Waals surface area contributed by atoms with Crippen LogP contribution in [-0.4, -0.2) is 45.3 Å². The number of carbonyl (C=O) groups is 1. The second-order valence-corrected chi connectivity index (χ2v) is 6.87. The fourth-order valence-electron chi connectivity index (χ4n) is 1.88. The first kappa shape index (κ1) is 14.4. The zero-order valence-electron chi connectivity index (χ0n) is 10.5. The Hall–Kier alpha value is -0.660. The van der Waals surface area contributed by atoms with Crippen LogP contribution in [0, 0.1) is 0 Å². The number of hydrogen-bond donors (Lipinski definition) is 3. The van der Waals surface area contributed by atoms with Gasteiger partial charge in [-0.25, -0.2) is 13.1 Å². The van der Waals surface area contributed by atoms with Crippen molar-refractivity contribution in [3.63, 3.8) is 0 Å². The third kappa shape index (κ3) is 5.47. The maximum absolute atomic E-state index is 11.7. The van der Waals surface area contributed by atoms with Gasteiger partial charge in [-0.05, 0) is 33.2 Å². The van der Waals surface area contributed by atoms with E-state index < -0.39 is 15.6 Å². The largest absolute Gasteiger partial charge is 0.353 e. The molecule has 0 aliphatic carbocycles. The predicted octanol–water partition coefficient (Wildman–Crippen LogP) is -0.818. The molecule has 0 aromatic heterocycles. The Morgan fingerprint density at radius 2 is 2.12 bits per heavy atom. The molecule has 1 heterocycles. The van der Waals surface area contributed by atoms with Gasteiger partial charge < -0.3 is 10.6 Å². The van der Waals surface area contributed by atoms with Crippen molar-refractivity contribution in [3.8, 4) is 0 Å².